The van der Waals surface area contributed by atoms with Gasteiger partial charge in [0.2, 0.25) is 0 Å². The molecule has 2 aliphatic rings. The lowest BCUT2D eigenvalue weighted by Gasteiger charge is -2.39. The second-order valence-electron chi connectivity index (χ2n) is 7.92. The molecule has 0 saturated carbocycles. The lowest BCUT2D eigenvalue weighted by molar-refractivity contribution is 0.116. The summed E-state index contributed by atoms with van der Waals surface area (Å²) in [7, 11) is 2.15. The van der Waals surface area contributed by atoms with Crippen LogP contribution in [-0.4, -0.2) is 79.6 Å². The second-order valence-corrected chi connectivity index (χ2v) is 7.92. The van der Waals surface area contributed by atoms with Crippen LogP contribution in [-0.2, 0) is 5.41 Å². The number of urea groups is 1. The van der Waals surface area contributed by atoms with E-state index in [1.54, 1.807) is 0 Å². The van der Waals surface area contributed by atoms with Crippen LogP contribution in [0.4, 0.5) is 4.79 Å². The monoisotopic (exact) mass is 369 g/mol. The second kappa shape index (κ2) is 8.73. The van der Waals surface area contributed by atoms with Crippen molar-refractivity contribution >= 4 is 6.03 Å². The van der Waals surface area contributed by atoms with Gasteiger partial charge in [0.1, 0.15) is 0 Å². The molecule has 2 saturated heterocycles. The van der Waals surface area contributed by atoms with Crippen LogP contribution in [0.3, 0.4) is 0 Å². The molecule has 1 aromatic rings. The number of hydrogen-bond acceptors (Lipinski definition) is 4. The van der Waals surface area contributed by atoms with E-state index < -0.39 is 5.41 Å². The average molecular weight is 370 g/mol. The Balaban J connectivity index is 1.48. The summed E-state index contributed by atoms with van der Waals surface area (Å²) in [6, 6.07) is 12.8. The minimum Gasteiger partial charge on any atom is -0.336 e. The summed E-state index contributed by atoms with van der Waals surface area (Å²) in [5, 5.41) is 12.9. The van der Waals surface area contributed by atoms with Crippen LogP contribution in [0.25, 0.3) is 0 Å². The van der Waals surface area contributed by atoms with Crippen LogP contribution in [0.5, 0.6) is 0 Å². The van der Waals surface area contributed by atoms with Gasteiger partial charge in [-0.2, -0.15) is 5.26 Å². The van der Waals surface area contributed by atoms with Crippen LogP contribution in [0.1, 0.15) is 25.3 Å². The van der Waals surface area contributed by atoms with Crippen molar-refractivity contribution in [1.29, 1.82) is 5.26 Å². The highest BCUT2D eigenvalue weighted by Crippen LogP contribution is 2.34. The maximum absolute atomic E-state index is 12.6. The van der Waals surface area contributed by atoms with E-state index in [1.165, 1.54) is 0 Å². The molecule has 1 aromatic carbocycles. The molecule has 2 heterocycles. The zero-order valence-electron chi connectivity index (χ0n) is 16.5. The predicted octanol–water partition coefficient (Wildman–Crippen LogP) is 1.89. The number of carbonyl (C=O) groups excluding carboxylic acids is 1. The molecule has 2 amide bonds. The number of likely N-dealkylation sites (N-methyl/N-ethyl adjacent to an activating group) is 1. The van der Waals surface area contributed by atoms with E-state index in [-0.39, 0.29) is 6.03 Å². The predicted molar refractivity (Wildman–Crippen MR) is 106 cm³/mol. The van der Waals surface area contributed by atoms with Gasteiger partial charge in [-0.05, 0) is 32.4 Å². The van der Waals surface area contributed by atoms with Gasteiger partial charge >= 0.3 is 6.03 Å². The molecule has 2 aliphatic heterocycles. The fourth-order valence-corrected chi connectivity index (χ4v) is 4.05. The Morgan fingerprint density at radius 3 is 2.37 bits per heavy atom. The quantitative estimate of drug-likeness (QED) is 0.880. The lowest BCUT2D eigenvalue weighted by atomic mass is 9.74. The first-order valence-electron chi connectivity index (χ1n) is 9.96. The van der Waals surface area contributed by atoms with Crippen molar-refractivity contribution < 1.29 is 4.79 Å². The number of amides is 2. The largest absolute Gasteiger partial charge is 0.336 e. The Kier molecular flexibility index (Phi) is 6.35. The molecule has 27 heavy (non-hydrogen) atoms. The SMILES string of the molecule is C[C@@H](CNC(=O)N1CCC(C#N)(c2ccccc2)CC1)N1CCN(C)CC1. The first-order chi connectivity index (χ1) is 13.0. The summed E-state index contributed by atoms with van der Waals surface area (Å²) in [4.78, 5) is 19.2. The van der Waals surface area contributed by atoms with Crippen molar-refractivity contribution in [3.63, 3.8) is 0 Å². The molecule has 0 unspecified atom stereocenters. The Labute approximate surface area is 162 Å². The van der Waals surface area contributed by atoms with E-state index in [0.29, 0.717) is 38.5 Å². The van der Waals surface area contributed by atoms with Crippen LogP contribution in [0, 0.1) is 11.3 Å². The van der Waals surface area contributed by atoms with Gasteiger partial charge in [-0.15, -0.1) is 0 Å². The van der Waals surface area contributed by atoms with E-state index in [9.17, 15) is 10.1 Å². The standard InChI is InChI=1S/C21H31N5O/c1-18(25-14-12-24(2)13-15-25)16-23-20(27)26-10-8-21(17-22,9-11-26)19-6-4-3-5-7-19/h3-7,18H,8-16H2,1-2H3,(H,23,27)/t18-/m0/s1. The third-order valence-electron chi connectivity index (χ3n) is 6.15. The van der Waals surface area contributed by atoms with Crippen LogP contribution < -0.4 is 5.32 Å². The number of piperazine rings is 1. The number of benzene rings is 1. The molecule has 2 fully saturated rings. The maximum Gasteiger partial charge on any atom is 0.317 e. The first kappa shape index (κ1) is 19.7. The Hall–Kier alpha value is -2.10. The van der Waals surface area contributed by atoms with E-state index >= 15 is 0 Å². The number of nitrogens with zero attached hydrogens (tertiary/aromatic N) is 4. The summed E-state index contributed by atoms with van der Waals surface area (Å²) in [6.07, 6.45) is 1.38. The van der Waals surface area contributed by atoms with Gasteiger partial charge in [-0.25, -0.2) is 4.79 Å². The number of hydrogen-bond donors (Lipinski definition) is 1. The number of nitrogens with one attached hydrogen (secondary N) is 1. The highest BCUT2D eigenvalue weighted by atomic mass is 16.2. The minimum atomic E-state index is -0.467. The molecule has 0 bridgehead atoms. The van der Waals surface area contributed by atoms with Gasteiger partial charge in [0, 0.05) is 51.9 Å². The highest BCUT2D eigenvalue weighted by molar-refractivity contribution is 5.74. The van der Waals surface area contributed by atoms with Gasteiger partial charge < -0.3 is 15.1 Å². The molecule has 146 valence electrons. The van der Waals surface area contributed by atoms with Gasteiger partial charge in [0.25, 0.3) is 0 Å². The summed E-state index contributed by atoms with van der Waals surface area (Å²) in [6.45, 7) is 8.37. The smallest absolute Gasteiger partial charge is 0.317 e. The molecule has 6 heteroatoms. The zero-order chi connectivity index (χ0) is 19.3. The van der Waals surface area contributed by atoms with E-state index in [2.05, 4.69) is 35.2 Å². The molecule has 0 radical (unpaired) electrons. The number of nitriles is 1. The molecule has 0 aliphatic carbocycles. The van der Waals surface area contributed by atoms with Gasteiger partial charge in [0.15, 0.2) is 0 Å². The Morgan fingerprint density at radius 2 is 1.78 bits per heavy atom. The Bertz CT molecular complexity index is 655. The van der Waals surface area contributed by atoms with Crippen molar-refractivity contribution in [3.05, 3.63) is 35.9 Å². The third kappa shape index (κ3) is 4.60. The van der Waals surface area contributed by atoms with E-state index in [4.69, 9.17) is 0 Å². The fourth-order valence-electron chi connectivity index (χ4n) is 4.05. The van der Waals surface area contributed by atoms with Gasteiger partial charge in [0.05, 0.1) is 11.5 Å². The fraction of sp³-hybridized carbons (Fsp3) is 0.619. The third-order valence-corrected chi connectivity index (χ3v) is 6.15. The Morgan fingerprint density at radius 1 is 1.15 bits per heavy atom. The molecule has 0 spiro atoms. The molecule has 1 N–H and O–H groups in total. The van der Waals surface area contributed by atoms with Crippen molar-refractivity contribution in [2.24, 2.45) is 0 Å². The lowest BCUT2D eigenvalue weighted by Crippen LogP contribution is -2.53. The topological polar surface area (TPSA) is 62.6 Å². The van der Waals surface area contributed by atoms with E-state index in [0.717, 1.165) is 31.7 Å². The molecular weight excluding hydrogens is 338 g/mol. The summed E-state index contributed by atoms with van der Waals surface area (Å²) in [5.41, 5.74) is 0.599. The van der Waals surface area contributed by atoms with Crippen molar-refractivity contribution in [2.75, 3.05) is 52.9 Å². The van der Waals surface area contributed by atoms with Crippen molar-refractivity contribution in [2.45, 2.75) is 31.2 Å². The number of carbonyl (C=O) groups is 1. The zero-order valence-corrected chi connectivity index (χ0v) is 16.5. The minimum absolute atomic E-state index is 0.00409. The number of piperidine rings is 1. The number of rotatable bonds is 4. The van der Waals surface area contributed by atoms with Crippen molar-refractivity contribution in [3.8, 4) is 6.07 Å². The van der Waals surface area contributed by atoms with Crippen LogP contribution in [0.15, 0.2) is 30.3 Å². The van der Waals surface area contributed by atoms with Crippen LogP contribution >= 0.6 is 0 Å². The summed E-state index contributed by atoms with van der Waals surface area (Å²) < 4.78 is 0. The molecule has 6 nitrogen and oxygen atoms in total. The highest BCUT2D eigenvalue weighted by Gasteiger charge is 2.37. The molecule has 1 atom stereocenters. The number of likely N-dealkylation sites (tertiary alicyclic amines) is 1. The van der Waals surface area contributed by atoms with E-state index in [1.807, 2.05) is 35.2 Å². The van der Waals surface area contributed by atoms with Gasteiger partial charge in [-0.3, -0.25) is 4.90 Å². The summed E-state index contributed by atoms with van der Waals surface area (Å²) >= 11 is 0. The molecular formula is C21H31N5O. The molecule has 3 rings (SSSR count). The normalized spacial score (nSPS) is 22.0. The summed E-state index contributed by atoms with van der Waals surface area (Å²) in [5.74, 6) is 0. The average Bonchev–Trinajstić information content (AvgIpc) is 2.73. The first-order valence-corrected chi connectivity index (χ1v) is 9.96. The van der Waals surface area contributed by atoms with Gasteiger partial charge in [-0.1, -0.05) is 30.3 Å². The molecule has 0 aromatic heterocycles. The van der Waals surface area contributed by atoms with Crippen molar-refractivity contribution in [1.82, 2.24) is 20.0 Å². The maximum atomic E-state index is 12.6. The van der Waals surface area contributed by atoms with Crippen LogP contribution in [0.2, 0.25) is 0 Å².